The van der Waals surface area contributed by atoms with E-state index in [4.69, 9.17) is 5.73 Å². The number of nitrogens with zero attached hydrogens (tertiary/aromatic N) is 3. The summed E-state index contributed by atoms with van der Waals surface area (Å²) < 4.78 is 1.12. The number of thiazole rings is 2. The summed E-state index contributed by atoms with van der Waals surface area (Å²) in [6, 6.07) is 4.12. The lowest BCUT2D eigenvalue weighted by molar-refractivity contribution is 0.892. The number of hydrogen-bond donors (Lipinski definition) is 1. The number of anilines is 2. The van der Waals surface area contributed by atoms with Crippen molar-refractivity contribution >= 4 is 44.3 Å². The number of hydrogen-bond acceptors (Lipinski definition) is 6. The van der Waals surface area contributed by atoms with Crippen molar-refractivity contribution < 1.29 is 0 Å². The maximum Gasteiger partial charge on any atom is 0.106 e. The van der Waals surface area contributed by atoms with Crippen LogP contribution >= 0.6 is 22.7 Å². The van der Waals surface area contributed by atoms with Crippen LogP contribution in [0.15, 0.2) is 23.0 Å². The third kappa shape index (κ3) is 2.29. The summed E-state index contributed by atoms with van der Waals surface area (Å²) >= 11 is 3.28. The predicted octanol–water partition coefficient (Wildman–Crippen LogP) is 3.28. The van der Waals surface area contributed by atoms with Crippen LogP contribution in [0.25, 0.3) is 10.2 Å². The smallest absolute Gasteiger partial charge is 0.106 e. The highest BCUT2D eigenvalue weighted by Gasteiger charge is 2.11. The zero-order chi connectivity index (χ0) is 13.4. The third-order valence-electron chi connectivity index (χ3n) is 3.00. The molecule has 0 atom stereocenters. The maximum atomic E-state index is 6.21. The molecule has 4 nitrogen and oxygen atoms in total. The maximum absolute atomic E-state index is 6.21. The minimum absolute atomic E-state index is 0.744. The zero-order valence-corrected chi connectivity index (χ0v) is 12.4. The van der Waals surface area contributed by atoms with Crippen LogP contribution in [-0.4, -0.2) is 17.0 Å². The summed E-state index contributed by atoms with van der Waals surface area (Å²) in [4.78, 5) is 10.9. The monoisotopic (exact) mass is 290 g/mol. The molecule has 0 unspecified atom stereocenters. The van der Waals surface area contributed by atoms with E-state index in [-0.39, 0.29) is 0 Å². The second-order valence-corrected chi connectivity index (χ2v) is 6.36. The lowest BCUT2D eigenvalue weighted by Crippen LogP contribution is -2.18. The van der Waals surface area contributed by atoms with E-state index in [9.17, 15) is 0 Å². The fourth-order valence-corrected chi connectivity index (χ4v) is 3.38. The zero-order valence-electron chi connectivity index (χ0n) is 10.8. The number of nitrogens with two attached hydrogens (primary N) is 1. The van der Waals surface area contributed by atoms with Gasteiger partial charge in [0, 0.05) is 12.4 Å². The van der Waals surface area contributed by atoms with Crippen LogP contribution in [0.4, 0.5) is 11.4 Å². The highest BCUT2D eigenvalue weighted by molar-refractivity contribution is 7.16. The average molecular weight is 290 g/mol. The van der Waals surface area contributed by atoms with Gasteiger partial charge in [0.2, 0.25) is 0 Å². The summed E-state index contributed by atoms with van der Waals surface area (Å²) in [6.45, 7) is 2.77. The second kappa shape index (κ2) is 4.79. The number of nitrogen functional groups attached to an aromatic ring is 1. The van der Waals surface area contributed by atoms with Crippen LogP contribution < -0.4 is 10.6 Å². The van der Waals surface area contributed by atoms with E-state index >= 15 is 0 Å². The summed E-state index contributed by atoms with van der Waals surface area (Å²) in [6.07, 6.45) is 0. The Morgan fingerprint density at radius 3 is 2.89 bits per heavy atom. The molecule has 98 valence electrons. The van der Waals surface area contributed by atoms with Crippen LogP contribution in [0.2, 0.25) is 0 Å². The van der Waals surface area contributed by atoms with Crippen molar-refractivity contribution in [3.8, 4) is 0 Å². The molecule has 0 radical (unpaired) electrons. The Morgan fingerprint density at radius 1 is 1.32 bits per heavy atom. The van der Waals surface area contributed by atoms with Crippen LogP contribution in [0.3, 0.4) is 0 Å². The fraction of sp³-hybridized carbons (Fsp3) is 0.231. The summed E-state index contributed by atoms with van der Waals surface area (Å²) in [7, 11) is 2.03. The molecular weight excluding hydrogens is 276 g/mol. The van der Waals surface area contributed by atoms with Crippen LogP contribution in [0.1, 0.15) is 10.7 Å². The molecule has 1 aromatic carbocycles. The van der Waals surface area contributed by atoms with Crippen molar-refractivity contribution in [2.45, 2.75) is 13.5 Å². The van der Waals surface area contributed by atoms with E-state index < -0.39 is 0 Å². The highest BCUT2D eigenvalue weighted by Crippen LogP contribution is 2.32. The summed E-state index contributed by atoms with van der Waals surface area (Å²) in [5.41, 5.74) is 11.7. The first-order valence-electron chi connectivity index (χ1n) is 5.89. The van der Waals surface area contributed by atoms with E-state index in [0.29, 0.717) is 0 Å². The first kappa shape index (κ1) is 12.4. The van der Waals surface area contributed by atoms with Gasteiger partial charge in [-0.1, -0.05) is 0 Å². The van der Waals surface area contributed by atoms with E-state index in [0.717, 1.165) is 38.8 Å². The molecule has 0 aliphatic heterocycles. The Morgan fingerprint density at radius 2 is 2.16 bits per heavy atom. The molecule has 0 saturated heterocycles. The number of fused-ring (bicyclic) bond motifs is 1. The normalized spacial score (nSPS) is 11.1. The SMILES string of the molecule is Cc1nc(CN(C)c2ccc3scnc3c2N)cs1. The van der Waals surface area contributed by atoms with Gasteiger partial charge in [0.1, 0.15) is 5.52 Å². The highest BCUT2D eigenvalue weighted by atomic mass is 32.1. The van der Waals surface area contributed by atoms with Crippen LogP contribution in [0.5, 0.6) is 0 Å². The van der Waals surface area contributed by atoms with Gasteiger partial charge in [-0.3, -0.25) is 0 Å². The van der Waals surface area contributed by atoms with Crippen molar-refractivity contribution in [1.29, 1.82) is 0 Å². The Balaban J connectivity index is 1.92. The first-order valence-corrected chi connectivity index (χ1v) is 7.65. The molecule has 0 spiro atoms. The third-order valence-corrected chi connectivity index (χ3v) is 4.61. The molecule has 0 aliphatic carbocycles. The number of aryl methyl sites for hydroxylation is 1. The molecular formula is C13H14N4S2. The Kier molecular flexibility index (Phi) is 3.12. The molecule has 6 heteroatoms. The summed E-state index contributed by atoms with van der Waals surface area (Å²) in [5, 5.41) is 3.18. The topological polar surface area (TPSA) is 55.0 Å². The van der Waals surface area contributed by atoms with E-state index in [1.807, 2.05) is 19.5 Å². The van der Waals surface area contributed by atoms with Crippen molar-refractivity contribution in [1.82, 2.24) is 9.97 Å². The molecule has 3 aromatic rings. The van der Waals surface area contributed by atoms with Crippen molar-refractivity contribution in [2.75, 3.05) is 17.7 Å². The lowest BCUT2D eigenvalue weighted by Gasteiger charge is -2.20. The molecule has 3 rings (SSSR count). The minimum Gasteiger partial charge on any atom is -0.395 e. The first-order chi connectivity index (χ1) is 9.15. The molecule has 0 saturated carbocycles. The van der Waals surface area contributed by atoms with Crippen molar-refractivity contribution in [3.05, 3.63) is 33.7 Å². The van der Waals surface area contributed by atoms with Gasteiger partial charge in [-0.15, -0.1) is 22.7 Å². The lowest BCUT2D eigenvalue weighted by atomic mass is 10.2. The number of benzene rings is 1. The van der Waals surface area contributed by atoms with E-state index in [1.165, 1.54) is 0 Å². The van der Waals surface area contributed by atoms with Gasteiger partial charge >= 0.3 is 0 Å². The van der Waals surface area contributed by atoms with Gasteiger partial charge in [-0.25, -0.2) is 9.97 Å². The Bertz CT molecular complexity index is 716. The van der Waals surface area contributed by atoms with Gasteiger partial charge in [-0.05, 0) is 19.1 Å². The second-order valence-electron chi connectivity index (χ2n) is 4.41. The molecule has 0 aliphatic rings. The molecule has 19 heavy (non-hydrogen) atoms. The number of rotatable bonds is 3. The van der Waals surface area contributed by atoms with Crippen LogP contribution in [0, 0.1) is 6.92 Å². The van der Waals surface area contributed by atoms with Gasteiger partial charge in [0.15, 0.2) is 0 Å². The van der Waals surface area contributed by atoms with Gasteiger partial charge in [0.25, 0.3) is 0 Å². The number of aromatic nitrogens is 2. The Hall–Kier alpha value is -1.66. The van der Waals surface area contributed by atoms with Gasteiger partial charge in [0.05, 0.1) is 38.8 Å². The molecule has 2 aromatic heterocycles. The largest absolute Gasteiger partial charge is 0.395 e. The van der Waals surface area contributed by atoms with Crippen molar-refractivity contribution in [2.24, 2.45) is 0 Å². The molecule has 2 N–H and O–H groups in total. The van der Waals surface area contributed by atoms with E-state index in [1.54, 1.807) is 22.7 Å². The molecule has 0 fully saturated rings. The predicted molar refractivity (Wildman–Crippen MR) is 83.0 cm³/mol. The van der Waals surface area contributed by atoms with Crippen LogP contribution in [-0.2, 0) is 6.54 Å². The molecule has 0 amide bonds. The van der Waals surface area contributed by atoms with Gasteiger partial charge < -0.3 is 10.6 Å². The molecule has 0 bridgehead atoms. The van der Waals surface area contributed by atoms with E-state index in [2.05, 4.69) is 32.4 Å². The fourth-order valence-electron chi connectivity index (χ4n) is 2.08. The Labute approximate surface area is 119 Å². The standard InChI is InChI=1S/C13H14N4S2/c1-8-16-9(6-18-8)5-17(2)10-3-4-11-13(12(10)14)15-7-19-11/h3-4,6-7H,5,14H2,1-2H3. The van der Waals surface area contributed by atoms with Gasteiger partial charge in [-0.2, -0.15) is 0 Å². The minimum atomic E-state index is 0.744. The average Bonchev–Trinajstić information content (AvgIpc) is 2.99. The summed E-state index contributed by atoms with van der Waals surface area (Å²) in [5.74, 6) is 0. The molecule has 2 heterocycles. The quantitative estimate of drug-likeness (QED) is 0.752. The van der Waals surface area contributed by atoms with Crippen molar-refractivity contribution in [3.63, 3.8) is 0 Å².